The van der Waals surface area contributed by atoms with Crippen molar-refractivity contribution in [1.82, 2.24) is 0 Å². The summed E-state index contributed by atoms with van der Waals surface area (Å²) in [4.78, 5) is 13.4. The van der Waals surface area contributed by atoms with Crippen LogP contribution in [0.15, 0.2) is 42.1 Å². The van der Waals surface area contributed by atoms with Crippen LogP contribution in [0.5, 0.6) is 0 Å². The minimum absolute atomic E-state index is 0.277. The summed E-state index contributed by atoms with van der Waals surface area (Å²) < 4.78 is 0. The molecule has 0 aromatic heterocycles. The van der Waals surface area contributed by atoms with E-state index < -0.39 is 0 Å². The number of anilines is 1. The SMILES string of the molecule is CC1=CCC(=O)CN1c1ccccc1. The van der Waals surface area contributed by atoms with E-state index in [0.29, 0.717) is 13.0 Å². The Hall–Kier alpha value is -1.57. The Morgan fingerprint density at radius 2 is 1.93 bits per heavy atom. The molecule has 1 heterocycles. The van der Waals surface area contributed by atoms with Gasteiger partial charge in [0.1, 0.15) is 0 Å². The Bertz CT molecular complexity index is 367. The molecular formula is C12H13NO. The first-order chi connectivity index (χ1) is 6.77. The smallest absolute Gasteiger partial charge is 0.156 e. The predicted octanol–water partition coefficient (Wildman–Crippen LogP) is 2.37. The number of rotatable bonds is 1. The third-order valence-electron chi connectivity index (χ3n) is 2.45. The Morgan fingerprint density at radius 1 is 1.21 bits per heavy atom. The lowest BCUT2D eigenvalue weighted by molar-refractivity contribution is -0.117. The molecule has 1 aliphatic rings. The monoisotopic (exact) mass is 187 g/mol. The van der Waals surface area contributed by atoms with E-state index >= 15 is 0 Å². The van der Waals surface area contributed by atoms with Crippen molar-refractivity contribution in [3.8, 4) is 0 Å². The van der Waals surface area contributed by atoms with Crippen LogP contribution in [0.1, 0.15) is 13.3 Å². The molecule has 1 aromatic rings. The summed E-state index contributed by atoms with van der Waals surface area (Å²) in [5.74, 6) is 0.277. The second kappa shape index (κ2) is 3.66. The normalized spacial score (nSPS) is 16.8. The van der Waals surface area contributed by atoms with Crippen molar-refractivity contribution in [3.05, 3.63) is 42.1 Å². The van der Waals surface area contributed by atoms with Gasteiger partial charge in [-0.15, -0.1) is 0 Å². The number of Topliss-reactive ketones (excluding diaryl/α,β-unsaturated/α-hetero) is 1. The van der Waals surface area contributed by atoms with Crippen LogP contribution in [0.3, 0.4) is 0 Å². The fourth-order valence-electron chi connectivity index (χ4n) is 1.64. The Kier molecular flexibility index (Phi) is 2.35. The van der Waals surface area contributed by atoms with Gasteiger partial charge in [-0.25, -0.2) is 0 Å². The first-order valence-electron chi connectivity index (χ1n) is 4.78. The average molecular weight is 187 g/mol. The maximum absolute atomic E-state index is 11.3. The van der Waals surface area contributed by atoms with Crippen molar-refractivity contribution in [2.75, 3.05) is 11.4 Å². The molecule has 0 saturated carbocycles. The first kappa shape index (κ1) is 9.00. The highest BCUT2D eigenvalue weighted by molar-refractivity contribution is 5.87. The molecule has 0 saturated heterocycles. The quantitative estimate of drug-likeness (QED) is 0.672. The van der Waals surface area contributed by atoms with Crippen molar-refractivity contribution >= 4 is 11.5 Å². The van der Waals surface area contributed by atoms with Crippen LogP contribution in [0, 0.1) is 0 Å². The zero-order valence-electron chi connectivity index (χ0n) is 8.23. The van der Waals surface area contributed by atoms with Crippen LogP contribution in [0.2, 0.25) is 0 Å². The van der Waals surface area contributed by atoms with Gasteiger partial charge in [-0.3, -0.25) is 4.79 Å². The van der Waals surface area contributed by atoms with Gasteiger partial charge >= 0.3 is 0 Å². The van der Waals surface area contributed by atoms with E-state index in [2.05, 4.69) is 0 Å². The number of para-hydroxylation sites is 1. The standard InChI is InChI=1S/C12H13NO/c1-10-7-8-12(14)9-13(10)11-5-3-2-4-6-11/h2-7H,8-9H2,1H3. The number of carbonyl (C=O) groups excluding carboxylic acids is 1. The molecule has 2 heteroatoms. The Morgan fingerprint density at radius 3 is 2.64 bits per heavy atom. The topological polar surface area (TPSA) is 20.3 Å². The lowest BCUT2D eigenvalue weighted by Crippen LogP contribution is -2.31. The molecule has 1 aromatic carbocycles. The predicted molar refractivity (Wildman–Crippen MR) is 57.2 cm³/mol. The van der Waals surface area contributed by atoms with Crippen molar-refractivity contribution in [3.63, 3.8) is 0 Å². The number of ketones is 1. The molecule has 0 bridgehead atoms. The summed E-state index contributed by atoms with van der Waals surface area (Å²) in [5, 5.41) is 0. The van der Waals surface area contributed by atoms with Crippen LogP contribution in [-0.2, 0) is 4.79 Å². The van der Waals surface area contributed by atoms with Gasteiger partial charge in [-0.05, 0) is 19.1 Å². The third-order valence-corrected chi connectivity index (χ3v) is 2.45. The maximum Gasteiger partial charge on any atom is 0.156 e. The number of nitrogens with zero attached hydrogens (tertiary/aromatic N) is 1. The van der Waals surface area contributed by atoms with Gasteiger partial charge in [0.05, 0.1) is 6.54 Å². The van der Waals surface area contributed by atoms with Gasteiger partial charge < -0.3 is 4.90 Å². The fourth-order valence-corrected chi connectivity index (χ4v) is 1.64. The molecule has 0 amide bonds. The van der Waals surface area contributed by atoms with Gasteiger partial charge in [-0.1, -0.05) is 24.3 Å². The molecule has 0 fully saturated rings. The summed E-state index contributed by atoms with van der Waals surface area (Å²) in [6.07, 6.45) is 2.56. The second-order valence-electron chi connectivity index (χ2n) is 3.51. The molecule has 2 rings (SSSR count). The molecular weight excluding hydrogens is 174 g/mol. The third kappa shape index (κ3) is 1.69. The van der Waals surface area contributed by atoms with Crippen LogP contribution in [-0.4, -0.2) is 12.3 Å². The van der Waals surface area contributed by atoms with Gasteiger partial charge in [0.15, 0.2) is 5.78 Å². The summed E-state index contributed by atoms with van der Waals surface area (Å²) in [5.41, 5.74) is 2.25. The molecule has 0 spiro atoms. The van der Waals surface area contributed by atoms with Crippen LogP contribution >= 0.6 is 0 Å². The Labute approximate surface area is 83.8 Å². The van der Waals surface area contributed by atoms with Gasteiger partial charge in [0.2, 0.25) is 0 Å². The van der Waals surface area contributed by atoms with Gasteiger partial charge in [-0.2, -0.15) is 0 Å². The van der Waals surface area contributed by atoms with Crippen LogP contribution in [0.25, 0.3) is 0 Å². The van der Waals surface area contributed by atoms with Gasteiger partial charge in [0.25, 0.3) is 0 Å². The minimum Gasteiger partial charge on any atom is -0.338 e. The van der Waals surface area contributed by atoms with Gasteiger partial charge in [0, 0.05) is 17.8 Å². The number of benzene rings is 1. The number of allylic oxidation sites excluding steroid dienone is 2. The first-order valence-corrected chi connectivity index (χ1v) is 4.78. The van der Waals surface area contributed by atoms with E-state index in [1.54, 1.807) is 0 Å². The average Bonchev–Trinajstić information content (AvgIpc) is 2.23. The van der Waals surface area contributed by atoms with E-state index in [1.165, 1.54) is 0 Å². The van der Waals surface area contributed by atoms with Crippen molar-refractivity contribution in [1.29, 1.82) is 0 Å². The van der Waals surface area contributed by atoms with Crippen molar-refractivity contribution in [2.45, 2.75) is 13.3 Å². The van der Waals surface area contributed by atoms with Crippen molar-refractivity contribution < 1.29 is 4.79 Å². The largest absolute Gasteiger partial charge is 0.338 e. The minimum atomic E-state index is 0.277. The summed E-state index contributed by atoms with van der Waals surface area (Å²) >= 11 is 0. The van der Waals surface area contributed by atoms with Crippen LogP contribution in [0.4, 0.5) is 5.69 Å². The molecule has 0 unspecified atom stereocenters. The van der Waals surface area contributed by atoms with Crippen molar-refractivity contribution in [2.24, 2.45) is 0 Å². The van der Waals surface area contributed by atoms with Crippen LogP contribution < -0.4 is 4.90 Å². The number of hydrogen-bond donors (Lipinski definition) is 0. The molecule has 72 valence electrons. The summed E-state index contributed by atoms with van der Waals surface area (Å²) in [6.45, 7) is 2.55. The zero-order valence-corrected chi connectivity index (χ0v) is 8.23. The Balaban J connectivity index is 2.30. The molecule has 0 radical (unpaired) electrons. The highest BCUT2D eigenvalue weighted by atomic mass is 16.1. The van der Waals surface area contributed by atoms with E-state index in [9.17, 15) is 4.79 Å². The molecule has 2 nitrogen and oxygen atoms in total. The second-order valence-corrected chi connectivity index (χ2v) is 3.51. The van der Waals surface area contributed by atoms with E-state index in [-0.39, 0.29) is 5.78 Å². The zero-order chi connectivity index (χ0) is 9.97. The number of hydrogen-bond acceptors (Lipinski definition) is 2. The molecule has 0 aliphatic carbocycles. The highest BCUT2D eigenvalue weighted by Gasteiger charge is 2.16. The molecule has 0 atom stereocenters. The molecule has 0 N–H and O–H groups in total. The fraction of sp³-hybridized carbons (Fsp3) is 0.250. The lowest BCUT2D eigenvalue weighted by atomic mass is 10.1. The van der Waals surface area contributed by atoms with E-state index in [4.69, 9.17) is 0 Å². The summed E-state index contributed by atoms with van der Waals surface area (Å²) in [7, 11) is 0. The van der Waals surface area contributed by atoms with E-state index in [1.807, 2.05) is 48.2 Å². The highest BCUT2D eigenvalue weighted by Crippen LogP contribution is 2.21. The lowest BCUT2D eigenvalue weighted by Gasteiger charge is -2.27. The number of carbonyl (C=O) groups is 1. The summed E-state index contributed by atoms with van der Waals surface area (Å²) in [6, 6.07) is 10.0. The molecule has 14 heavy (non-hydrogen) atoms. The molecule has 1 aliphatic heterocycles. The maximum atomic E-state index is 11.3. The van der Waals surface area contributed by atoms with E-state index in [0.717, 1.165) is 11.4 Å².